The van der Waals surface area contributed by atoms with E-state index in [1.807, 2.05) is 29.4 Å². The van der Waals surface area contributed by atoms with Crippen LogP contribution in [0.25, 0.3) is 32.9 Å². The van der Waals surface area contributed by atoms with Gasteiger partial charge in [-0.3, -0.25) is 14.9 Å². The van der Waals surface area contributed by atoms with E-state index in [0.29, 0.717) is 31.3 Å². The number of H-pyrrole nitrogens is 1. The van der Waals surface area contributed by atoms with E-state index in [4.69, 9.17) is 21.3 Å². The minimum absolute atomic E-state index is 0.0268. The van der Waals surface area contributed by atoms with Crippen LogP contribution in [0.15, 0.2) is 49.3 Å². The number of nitrogens with one attached hydrogen (secondary N) is 1. The van der Waals surface area contributed by atoms with Crippen molar-refractivity contribution in [2.45, 2.75) is 19.4 Å². The molecular formula is C26H24ClN5O2. The van der Waals surface area contributed by atoms with E-state index in [1.54, 1.807) is 0 Å². The minimum atomic E-state index is -0.0268. The molecule has 1 amide bonds. The topological polar surface area (TPSA) is 74.4 Å². The van der Waals surface area contributed by atoms with Gasteiger partial charge in [-0.2, -0.15) is 5.10 Å². The molecule has 1 fully saturated rings. The van der Waals surface area contributed by atoms with Gasteiger partial charge in [0.15, 0.2) is 5.75 Å². The van der Waals surface area contributed by atoms with Crippen LogP contribution in [0.2, 0.25) is 5.02 Å². The number of ether oxygens (including phenoxy) is 1. The van der Waals surface area contributed by atoms with Crippen molar-refractivity contribution in [1.29, 1.82) is 0 Å². The molecule has 172 valence electrons. The predicted molar refractivity (Wildman–Crippen MR) is 135 cm³/mol. The molecule has 0 saturated carbocycles. The summed E-state index contributed by atoms with van der Waals surface area (Å²) in [5.74, 6) is 0.733. The maximum absolute atomic E-state index is 12.2. The molecule has 1 saturated heterocycles. The zero-order valence-corrected chi connectivity index (χ0v) is 19.6. The molecule has 1 atom stereocenters. The fourth-order valence-electron chi connectivity index (χ4n) is 5.29. The lowest BCUT2D eigenvalue weighted by Crippen LogP contribution is -2.54. The first kappa shape index (κ1) is 21.0. The van der Waals surface area contributed by atoms with E-state index < -0.39 is 0 Å². The van der Waals surface area contributed by atoms with Gasteiger partial charge in [0.1, 0.15) is 0 Å². The van der Waals surface area contributed by atoms with Crippen LogP contribution in [0.1, 0.15) is 12.0 Å². The third-order valence-electron chi connectivity index (χ3n) is 6.96. The Morgan fingerprint density at radius 1 is 1.26 bits per heavy atom. The third kappa shape index (κ3) is 3.22. The van der Waals surface area contributed by atoms with E-state index in [9.17, 15) is 4.79 Å². The summed E-state index contributed by atoms with van der Waals surface area (Å²) < 4.78 is 6.11. The van der Waals surface area contributed by atoms with Crippen molar-refractivity contribution in [3.63, 3.8) is 0 Å². The number of carbonyl (C=O) groups is 1. The normalized spacial score (nSPS) is 17.8. The van der Waals surface area contributed by atoms with Crippen molar-refractivity contribution in [2.75, 3.05) is 31.1 Å². The van der Waals surface area contributed by atoms with Crippen LogP contribution in [0.4, 0.5) is 5.69 Å². The molecule has 2 aromatic carbocycles. The molecule has 8 heteroatoms. The Morgan fingerprint density at radius 2 is 2.15 bits per heavy atom. The van der Waals surface area contributed by atoms with Gasteiger partial charge in [0.2, 0.25) is 5.91 Å². The molecule has 0 aliphatic carbocycles. The summed E-state index contributed by atoms with van der Waals surface area (Å²) in [5, 5.41) is 9.90. The molecule has 6 rings (SSSR count). The number of aromatic nitrogens is 3. The number of hydrogen-bond acceptors (Lipinski definition) is 5. The largest absolute Gasteiger partial charge is 0.490 e. The zero-order valence-electron chi connectivity index (χ0n) is 18.8. The number of rotatable bonds is 2. The van der Waals surface area contributed by atoms with Crippen molar-refractivity contribution >= 4 is 45.0 Å². The zero-order chi connectivity index (χ0) is 23.4. The number of aryl methyl sites for hydroxylation is 1. The predicted octanol–water partition coefficient (Wildman–Crippen LogP) is 4.73. The van der Waals surface area contributed by atoms with E-state index in [2.05, 4.69) is 40.7 Å². The highest BCUT2D eigenvalue weighted by atomic mass is 35.5. The molecule has 1 N–H and O–H groups in total. The molecule has 2 aliphatic heterocycles. The molecule has 0 unspecified atom stereocenters. The van der Waals surface area contributed by atoms with Gasteiger partial charge in [0.05, 0.1) is 41.8 Å². The van der Waals surface area contributed by atoms with E-state index in [-0.39, 0.29) is 11.9 Å². The van der Waals surface area contributed by atoms with Gasteiger partial charge in [0.25, 0.3) is 0 Å². The van der Waals surface area contributed by atoms with Crippen LogP contribution in [0.3, 0.4) is 0 Å². The number of pyridine rings is 1. The number of fused-ring (bicyclic) bond motifs is 6. The summed E-state index contributed by atoms with van der Waals surface area (Å²) in [6, 6.07) is 8.32. The second-order valence-electron chi connectivity index (χ2n) is 8.88. The summed E-state index contributed by atoms with van der Waals surface area (Å²) in [4.78, 5) is 21.2. The molecule has 2 aromatic heterocycles. The summed E-state index contributed by atoms with van der Waals surface area (Å²) in [6.45, 7) is 8.29. The SMILES string of the molecule is C=CC(=O)N1CCN2c3c(cnc4cc(-c5c(C)ccc6[nH]ncc56)c(Cl)cc34)OCC[C@H]2C1. The van der Waals surface area contributed by atoms with Gasteiger partial charge in [-0.25, -0.2) is 0 Å². The van der Waals surface area contributed by atoms with Crippen molar-refractivity contribution < 1.29 is 9.53 Å². The Kier molecular flexibility index (Phi) is 4.95. The molecule has 34 heavy (non-hydrogen) atoms. The monoisotopic (exact) mass is 473 g/mol. The minimum Gasteiger partial charge on any atom is -0.490 e. The van der Waals surface area contributed by atoms with Crippen LogP contribution < -0.4 is 9.64 Å². The summed E-state index contributed by atoms with van der Waals surface area (Å²) in [7, 11) is 0. The van der Waals surface area contributed by atoms with Crippen molar-refractivity contribution in [3.05, 3.63) is 59.9 Å². The summed E-state index contributed by atoms with van der Waals surface area (Å²) in [5.41, 5.74) is 5.93. The molecular weight excluding hydrogens is 450 g/mol. The molecule has 4 heterocycles. The summed E-state index contributed by atoms with van der Waals surface area (Å²) in [6.07, 6.45) is 5.86. The third-order valence-corrected chi connectivity index (χ3v) is 7.27. The Bertz CT molecular complexity index is 1460. The maximum Gasteiger partial charge on any atom is 0.246 e. The smallest absolute Gasteiger partial charge is 0.246 e. The van der Waals surface area contributed by atoms with Crippen molar-refractivity contribution in [3.8, 4) is 16.9 Å². The number of aromatic amines is 1. The lowest BCUT2D eigenvalue weighted by atomic mass is 9.95. The van der Waals surface area contributed by atoms with Gasteiger partial charge in [0, 0.05) is 47.4 Å². The average Bonchev–Trinajstić information content (AvgIpc) is 3.24. The van der Waals surface area contributed by atoms with E-state index >= 15 is 0 Å². The Hall–Kier alpha value is -3.58. The average molecular weight is 474 g/mol. The highest BCUT2D eigenvalue weighted by molar-refractivity contribution is 6.35. The number of benzene rings is 2. The van der Waals surface area contributed by atoms with Crippen LogP contribution in [-0.2, 0) is 4.79 Å². The lowest BCUT2D eigenvalue weighted by molar-refractivity contribution is -0.126. The number of halogens is 1. The highest BCUT2D eigenvalue weighted by Crippen LogP contribution is 2.44. The first-order chi connectivity index (χ1) is 16.5. The quantitative estimate of drug-likeness (QED) is 0.426. The van der Waals surface area contributed by atoms with Crippen LogP contribution in [-0.4, -0.2) is 58.3 Å². The van der Waals surface area contributed by atoms with Gasteiger partial charge in [-0.15, -0.1) is 0 Å². The number of carbonyl (C=O) groups excluding carboxylic acids is 1. The maximum atomic E-state index is 12.2. The fourth-order valence-corrected chi connectivity index (χ4v) is 5.55. The molecule has 0 bridgehead atoms. The second kappa shape index (κ2) is 8.02. The number of nitrogens with zero attached hydrogens (tertiary/aromatic N) is 4. The first-order valence-corrected chi connectivity index (χ1v) is 11.8. The van der Waals surface area contributed by atoms with Gasteiger partial charge in [-0.1, -0.05) is 24.2 Å². The van der Waals surface area contributed by atoms with Gasteiger partial charge >= 0.3 is 0 Å². The van der Waals surface area contributed by atoms with Gasteiger partial charge in [-0.05, 0) is 42.3 Å². The number of anilines is 1. The van der Waals surface area contributed by atoms with E-state index in [1.165, 1.54) is 6.08 Å². The standard InChI is InChI=1S/C26H24ClN5O2/c1-3-24(33)31-7-8-32-16(14-31)6-9-34-23-13-28-22-11-17(20(27)10-18(22)26(23)32)25-15(2)4-5-21-19(25)12-29-30-21/h3-5,10-13,16H,1,6-9,14H2,2H3,(H,29,30)/t16-/m0/s1. The molecule has 7 nitrogen and oxygen atoms in total. The van der Waals surface area contributed by atoms with Crippen LogP contribution >= 0.6 is 11.6 Å². The molecule has 0 spiro atoms. The molecule has 0 radical (unpaired) electrons. The Morgan fingerprint density at radius 3 is 3.00 bits per heavy atom. The lowest BCUT2D eigenvalue weighted by Gasteiger charge is -2.41. The van der Waals surface area contributed by atoms with Gasteiger partial charge < -0.3 is 14.5 Å². The summed E-state index contributed by atoms with van der Waals surface area (Å²) >= 11 is 6.94. The van der Waals surface area contributed by atoms with E-state index in [0.717, 1.165) is 56.4 Å². The number of piperazine rings is 1. The van der Waals surface area contributed by atoms with Crippen LogP contribution in [0, 0.1) is 6.92 Å². The second-order valence-corrected chi connectivity index (χ2v) is 9.29. The number of amides is 1. The highest BCUT2D eigenvalue weighted by Gasteiger charge is 2.34. The molecule has 4 aromatic rings. The Labute approximate surface area is 202 Å². The first-order valence-electron chi connectivity index (χ1n) is 11.4. The van der Waals surface area contributed by atoms with Crippen molar-refractivity contribution in [1.82, 2.24) is 20.1 Å². The van der Waals surface area contributed by atoms with Crippen LogP contribution in [0.5, 0.6) is 5.75 Å². The Balaban J connectivity index is 1.50. The fraction of sp³-hybridized carbons (Fsp3) is 0.269. The number of hydrogen-bond donors (Lipinski definition) is 1. The molecule has 2 aliphatic rings. The van der Waals surface area contributed by atoms with Crippen molar-refractivity contribution in [2.24, 2.45) is 0 Å².